The summed E-state index contributed by atoms with van der Waals surface area (Å²) in [6, 6.07) is 7.31. The molecule has 3 N–H and O–H groups in total. The van der Waals surface area contributed by atoms with Crippen molar-refractivity contribution in [1.29, 1.82) is 0 Å². The van der Waals surface area contributed by atoms with Crippen LogP contribution in [0.4, 0.5) is 5.69 Å². The zero-order valence-corrected chi connectivity index (χ0v) is 13.7. The van der Waals surface area contributed by atoms with Crippen molar-refractivity contribution in [3.63, 3.8) is 0 Å². The molecule has 7 nitrogen and oxygen atoms in total. The van der Waals surface area contributed by atoms with Crippen molar-refractivity contribution < 1.29 is 14.3 Å². The summed E-state index contributed by atoms with van der Waals surface area (Å²) in [4.78, 5) is 32.2. The first-order valence-electron chi connectivity index (χ1n) is 8.16. The topological polar surface area (TPSA) is 107 Å². The quantitative estimate of drug-likeness (QED) is 0.867. The van der Waals surface area contributed by atoms with Gasteiger partial charge in [-0.05, 0) is 43.4 Å². The zero-order chi connectivity index (χ0) is 17.6. The lowest BCUT2D eigenvalue weighted by Crippen LogP contribution is -2.70. The Balaban J connectivity index is 1.49. The van der Waals surface area contributed by atoms with Gasteiger partial charge < -0.3 is 15.8 Å². The second-order valence-corrected chi connectivity index (χ2v) is 6.77. The standard InChI is InChI=1S/C18H18N4O3/c1-10-3-4-12(7-13(10)25-17-20-5-2-6-21-17)22-15(23)14-11-8-18(14,9-11)16(19)24/h2-7,11,14H,8-9H2,1H3,(H2,19,24)(H,22,23). The number of nitrogens with two attached hydrogens (primary N) is 1. The number of anilines is 1. The number of ether oxygens (including phenoxy) is 1. The number of hydrogen-bond acceptors (Lipinski definition) is 5. The molecule has 3 fully saturated rings. The van der Waals surface area contributed by atoms with E-state index in [1.165, 1.54) is 0 Å². The number of aromatic nitrogens is 2. The van der Waals surface area contributed by atoms with Gasteiger partial charge >= 0.3 is 6.01 Å². The van der Waals surface area contributed by atoms with Crippen LogP contribution in [0.25, 0.3) is 0 Å². The lowest BCUT2D eigenvalue weighted by molar-refractivity contribution is -0.197. The molecular weight excluding hydrogens is 320 g/mol. The Hall–Kier alpha value is -2.96. The Morgan fingerprint density at radius 1 is 1.28 bits per heavy atom. The van der Waals surface area contributed by atoms with E-state index in [-0.39, 0.29) is 29.7 Å². The van der Waals surface area contributed by atoms with Crippen LogP contribution in [0.1, 0.15) is 18.4 Å². The normalized spacial score (nSPS) is 26.1. The molecule has 5 rings (SSSR count). The molecule has 2 bridgehead atoms. The lowest BCUT2D eigenvalue weighted by atomic mass is 9.37. The minimum absolute atomic E-state index is 0.160. The van der Waals surface area contributed by atoms with E-state index in [1.54, 1.807) is 30.6 Å². The van der Waals surface area contributed by atoms with Gasteiger partial charge in [0.05, 0.1) is 11.3 Å². The molecule has 3 saturated carbocycles. The van der Waals surface area contributed by atoms with Crippen LogP contribution in [0.2, 0.25) is 0 Å². The Bertz CT molecular complexity index is 847. The van der Waals surface area contributed by atoms with Crippen molar-refractivity contribution in [2.75, 3.05) is 5.32 Å². The summed E-state index contributed by atoms with van der Waals surface area (Å²) in [5.74, 6) is -0.0109. The van der Waals surface area contributed by atoms with Crippen LogP contribution in [0, 0.1) is 24.2 Å². The maximum Gasteiger partial charge on any atom is 0.321 e. The van der Waals surface area contributed by atoms with Crippen LogP contribution >= 0.6 is 0 Å². The monoisotopic (exact) mass is 338 g/mol. The summed E-state index contributed by atoms with van der Waals surface area (Å²) in [6.07, 6.45) is 4.65. The summed E-state index contributed by atoms with van der Waals surface area (Å²) >= 11 is 0. The van der Waals surface area contributed by atoms with Crippen molar-refractivity contribution >= 4 is 17.5 Å². The zero-order valence-electron chi connectivity index (χ0n) is 13.7. The second kappa shape index (κ2) is 5.54. The van der Waals surface area contributed by atoms with Crippen LogP contribution in [0.15, 0.2) is 36.7 Å². The fourth-order valence-corrected chi connectivity index (χ4v) is 3.76. The SMILES string of the molecule is Cc1ccc(NC(=O)C2C3CC2(C(N)=O)C3)cc1Oc1ncccn1. The minimum Gasteiger partial charge on any atom is -0.424 e. The molecule has 3 aliphatic rings. The Morgan fingerprint density at radius 3 is 2.60 bits per heavy atom. The predicted molar refractivity (Wildman–Crippen MR) is 89.8 cm³/mol. The van der Waals surface area contributed by atoms with Gasteiger partial charge in [-0.15, -0.1) is 0 Å². The third-order valence-electron chi connectivity index (χ3n) is 5.29. The number of amides is 2. The maximum atomic E-state index is 12.5. The van der Waals surface area contributed by atoms with E-state index in [4.69, 9.17) is 10.5 Å². The molecule has 1 atom stereocenters. The number of rotatable bonds is 5. The van der Waals surface area contributed by atoms with Gasteiger partial charge in [0.25, 0.3) is 0 Å². The number of carbonyl (C=O) groups is 2. The van der Waals surface area contributed by atoms with Crippen LogP contribution in [-0.4, -0.2) is 21.8 Å². The fourth-order valence-electron chi connectivity index (χ4n) is 3.76. The van der Waals surface area contributed by atoms with Gasteiger partial charge in [-0.3, -0.25) is 9.59 Å². The van der Waals surface area contributed by atoms with Crippen molar-refractivity contribution in [1.82, 2.24) is 9.97 Å². The molecule has 1 heterocycles. The summed E-state index contributed by atoms with van der Waals surface area (Å²) in [7, 11) is 0. The van der Waals surface area contributed by atoms with Crippen molar-refractivity contribution in [3.8, 4) is 11.8 Å². The molecule has 0 radical (unpaired) electrons. The molecule has 2 amide bonds. The lowest BCUT2D eigenvalue weighted by Gasteiger charge is -2.65. The molecule has 1 aromatic carbocycles. The highest BCUT2D eigenvalue weighted by atomic mass is 16.5. The highest BCUT2D eigenvalue weighted by molar-refractivity contribution is 6.01. The summed E-state index contributed by atoms with van der Waals surface area (Å²) in [5, 5.41) is 2.87. The van der Waals surface area contributed by atoms with Gasteiger partial charge in [0, 0.05) is 24.1 Å². The molecule has 1 aromatic heterocycles. The molecular formula is C18H18N4O3. The van der Waals surface area contributed by atoms with Gasteiger partial charge in [0.15, 0.2) is 0 Å². The average molecular weight is 338 g/mol. The summed E-state index contributed by atoms with van der Waals surface area (Å²) in [5.41, 5.74) is 6.34. The van der Waals surface area contributed by atoms with Crippen LogP contribution in [0.3, 0.4) is 0 Å². The first-order chi connectivity index (χ1) is 12.0. The molecule has 128 valence electrons. The molecule has 0 saturated heterocycles. The molecule has 0 spiro atoms. The first kappa shape index (κ1) is 15.6. The van der Waals surface area contributed by atoms with E-state index in [2.05, 4.69) is 15.3 Å². The summed E-state index contributed by atoms with van der Waals surface area (Å²) < 4.78 is 5.67. The average Bonchev–Trinajstić information content (AvgIpc) is 2.48. The van der Waals surface area contributed by atoms with Crippen LogP contribution in [0.5, 0.6) is 11.8 Å². The van der Waals surface area contributed by atoms with Gasteiger partial charge in [0.2, 0.25) is 11.8 Å². The number of carbonyl (C=O) groups excluding carboxylic acids is 2. The molecule has 3 aliphatic carbocycles. The van der Waals surface area contributed by atoms with Crippen molar-refractivity contribution in [2.24, 2.45) is 23.0 Å². The van der Waals surface area contributed by atoms with E-state index >= 15 is 0 Å². The van der Waals surface area contributed by atoms with Crippen molar-refractivity contribution in [3.05, 3.63) is 42.2 Å². The third kappa shape index (κ3) is 2.43. The first-order valence-corrected chi connectivity index (χ1v) is 8.16. The Kier molecular flexibility index (Phi) is 3.45. The van der Waals surface area contributed by atoms with E-state index < -0.39 is 5.41 Å². The van der Waals surface area contributed by atoms with Gasteiger partial charge in [-0.1, -0.05) is 6.07 Å². The van der Waals surface area contributed by atoms with Gasteiger partial charge in [-0.25, -0.2) is 9.97 Å². The van der Waals surface area contributed by atoms with Crippen LogP contribution < -0.4 is 15.8 Å². The minimum atomic E-state index is -0.628. The van der Waals surface area contributed by atoms with Crippen LogP contribution in [-0.2, 0) is 9.59 Å². The fraction of sp³-hybridized carbons (Fsp3) is 0.333. The number of nitrogens with one attached hydrogen (secondary N) is 1. The molecule has 7 heteroatoms. The number of nitrogens with zero attached hydrogens (tertiary/aromatic N) is 2. The van der Waals surface area contributed by atoms with E-state index in [0.29, 0.717) is 11.4 Å². The number of aryl methyl sites for hydroxylation is 1. The van der Waals surface area contributed by atoms with Gasteiger partial charge in [0.1, 0.15) is 5.75 Å². The Labute approximate surface area is 144 Å². The largest absolute Gasteiger partial charge is 0.424 e. The Morgan fingerprint density at radius 2 is 2.00 bits per heavy atom. The van der Waals surface area contributed by atoms with E-state index in [9.17, 15) is 9.59 Å². The third-order valence-corrected chi connectivity index (χ3v) is 5.29. The second-order valence-electron chi connectivity index (χ2n) is 6.77. The molecule has 2 aromatic rings. The number of benzene rings is 1. The predicted octanol–water partition coefficient (Wildman–Crippen LogP) is 2.03. The van der Waals surface area contributed by atoms with Gasteiger partial charge in [-0.2, -0.15) is 0 Å². The van der Waals surface area contributed by atoms with Crippen molar-refractivity contribution in [2.45, 2.75) is 19.8 Å². The highest BCUT2D eigenvalue weighted by Crippen LogP contribution is 2.68. The summed E-state index contributed by atoms with van der Waals surface area (Å²) in [6.45, 7) is 1.90. The van der Waals surface area contributed by atoms with E-state index in [1.807, 2.05) is 13.0 Å². The molecule has 1 unspecified atom stereocenters. The molecule has 0 aliphatic heterocycles. The smallest absolute Gasteiger partial charge is 0.321 e. The molecule has 25 heavy (non-hydrogen) atoms. The highest BCUT2D eigenvalue weighted by Gasteiger charge is 2.71. The number of primary amides is 1. The van der Waals surface area contributed by atoms with E-state index in [0.717, 1.165) is 18.4 Å². The number of hydrogen-bond donors (Lipinski definition) is 2. The maximum absolute atomic E-state index is 12.5.